The summed E-state index contributed by atoms with van der Waals surface area (Å²) < 4.78 is 5.47. The Morgan fingerprint density at radius 2 is 1.85 bits per heavy atom. The second-order valence-electron chi connectivity index (χ2n) is 6.55. The van der Waals surface area contributed by atoms with Gasteiger partial charge >= 0.3 is 6.09 Å². The van der Waals surface area contributed by atoms with E-state index in [0.717, 1.165) is 36.1 Å². The van der Waals surface area contributed by atoms with Gasteiger partial charge in [-0.05, 0) is 30.5 Å². The molecule has 26 heavy (non-hydrogen) atoms. The molecule has 0 fully saturated rings. The van der Waals surface area contributed by atoms with E-state index in [2.05, 4.69) is 6.92 Å². The van der Waals surface area contributed by atoms with E-state index in [1.54, 1.807) is 0 Å². The van der Waals surface area contributed by atoms with Gasteiger partial charge in [0.25, 0.3) is 0 Å². The third-order valence-corrected chi connectivity index (χ3v) is 4.39. The van der Waals surface area contributed by atoms with Gasteiger partial charge in [-0.2, -0.15) is 0 Å². The van der Waals surface area contributed by atoms with E-state index < -0.39 is 6.09 Å². The highest BCUT2D eigenvalue weighted by Crippen LogP contribution is 2.34. The number of carbonyl (C=O) groups excluding carboxylic acids is 1. The quantitative estimate of drug-likeness (QED) is 0.670. The molecule has 136 valence electrons. The van der Waals surface area contributed by atoms with Crippen molar-refractivity contribution >= 4 is 6.09 Å². The van der Waals surface area contributed by atoms with E-state index in [0.29, 0.717) is 0 Å². The number of ether oxygens (including phenoxy) is 1. The molecule has 3 rings (SSSR count). The summed E-state index contributed by atoms with van der Waals surface area (Å²) >= 11 is 0. The van der Waals surface area contributed by atoms with Gasteiger partial charge in [0.15, 0.2) is 0 Å². The molecule has 2 aromatic rings. The second kappa shape index (κ2) is 8.56. The van der Waals surface area contributed by atoms with E-state index in [9.17, 15) is 4.79 Å². The number of rotatable bonds is 6. The summed E-state index contributed by atoms with van der Waals surface area (Å²) in [5.41, 5.74) is 3.14. The lowest BCUT2D eigenvalue weighted by atomic mass is 10.0. The Bertz CT molecular complexity index is 753. The first-order valence-corrected chi connectivity index (χ1v) is 9.12. The maximum atomic E-state index is 12.6. The lowest BCUT2D eigenvalue weighted by Crippen LogP contribution is -2.30. The minimum atomic E-state index is -0.470. The highest BCUT2D eigenvalue weighted by atomic mass is 16.7. The lowest BCUT2D eigenvalue weighted by molar-refractivity contribution is -0.102. The molecule has 1 aliphatic rings. The van der Waals surface area contributed by atoms with Crippen LogP contribution in [0.3, 0.4) is 0 Å². The number of hydrogen-bond acceptors (Lipinski definition) is 3. The summed E-state index contributed by atoms with van der Waals surface area (Å²) in [5, 5.41) is 1.35. The number of nitrogens with zero attached hydrogens (tertiary/aromatic N) is 1. The number of hydrogen-bond donors (Lipinski definition) is 0. The fraction of sp³-hybridized carbons (Fsp3) is 0.318. The molecule has 1 amide bonds. The molecule has 0 N–H and O–H groups in total. The zero-order valence-electron chi connectivity index (χ0n) is 15.4. The van der Waals surface area contributed by atoms with Crippen LogP contribution in [0.15, 0.2) is 66.4 Å². The van der Waals surface area contributed by atoms with Crippen LogP contribution in [0, 0.1) is 6.92 Å². The van der Waals surface area contributed by atoms with E-state index in [-0.39, 0.29) is 12.6 Å². The third-order valence-electron chi connectivity index (χ3n) is 4.39. The van der Waals surface area contributed by atoms with Gasteiger partial charge in [-0.15, -0.1) is 5.06 Å². The van der Waals surface area contributed by atoms with Crippen molar-refractivity contribution in [3.63, 3.8) is 0 Å². The number of carbonyl (C=O) groups is 1. The highest BCUT2D eigenvalue weighted by molar-refractivity contribution is 5.68. The standard InChI is InChI=1S/C22H25NO3/c1-3-4-10-20-15-21(19-13-11-17(2)12-14-19)23(26-20)22(24)25-16-18-8-6-5-7-9-18/h5-9,11-15,21H,3-4,10,16H2,1-2H3. The second-order valence-corrected chi connectivity index (χ2v) is 6.55. The van der Waals surface area contributed by atoms with Crippen molar-refractivity contribution in [2.24, 2.45) is 0 Å². The Kier molecular flexibility index (Phi) is 5.95. The molecule has 4 nitrogen and oxygen atoms in total. The zero-order valence-corrected chi connectivity index (χ0v) is 15.4. The number of benzene rings is 2. The maximum absolute atomic E-state index is 12.6. The molecule has 0 saturated heterocycles. The van der Waals surface area contributed by atoms with Gasteiger partial charge in [0, 0.05) is 6.42 Å². The zero-order chi connectivity index (χ0) is 18.4. The van der Waals surface area contributed by atoms with Gasteiger partial charge in [-0.25, -0.2) is 4.79 Å². The number of aryl methyl sites for hydroxylation is 1. The summed E-state index contributed by atoms with van der Waals surface area (Å²) in [6.07, 6.45) is 4.47. The normalized spacial score (nSPS) is 16.2. The average molecular weight is 351 g/mol. The summed E-state index contributed by atoms with van der Waals surface area (Å²) in [4.78, 5) is 18.5. The smallest absolute Gasteiger partial charge is 0.442 e. The van der Waals surface area contributed by atoms with Gasteiger partial charge in [-0.3, -0.25) is 0 Å². The van der Waals surface area contributed by atoms with Gasteiger partial charge in [-0.1, -0.05) is 73.5 Å². The van der Waals surface area contributed by atoms with Crippen LogP contribution < -0.4 is 0 Å². The minimum Gasteiger partial charge on any atom is -0.442 e. The lowest BCUT2D eigenvalue weighted by Gasteiger charge is -2.23. The van der Waals surface area contributed by atoms with Gasteiger partial charge < -0.3 is 9.57 Å². The molecule has 0 saturated carbocycles. The molecule has 1 unspecified atom stereocenters. The third kappa shape index (κ3) is 4.45. The average Bonchev–Trinajstić information content (AvgIpc) is 3.10. The fourth-order valence-electron chi connectivity index (χ4n) is 2.87. The first kappa shape index (κ1) is 18.1. The van der Waals surface area contributed by atoms with Crippen LogP contribution in [-0.4, -0.2) is 11.2 Å². The fourth-order valence-corrected chi connectivity index (χ4v) is 2.87. The molecule has 0 aliphatic carbocycles. The van der Waals surface area contributed by atoms with Crippen LogP contribution in [0.5, 0.6) is 0 Å². The van der Waals surface area contributed by atoms with E-state index in [4.69, 9.17) is 9.57 Å². The minimum absolute atomic E-state index is 0.227. The molecule has 0 spiro atoms. The monoisotopic (exact) mass is 351 g/mol. The van der Waals surface area contributed by atoms with Crippen LogP contribution in [0.25, 0.3) is 0 Å². The van der Waals surface area contributed by atoms with Crippen molar-refractivity contribution in [3.8, 4) is 0 Å². The van der Waals surface area contributed by atoms with Crippen molar-refractivity contribution in [2.75, 3.05) is 0 Å². The Morgan fingerprint density at radius 3 is 2.54 bits per heavy atom. The molecule has 1 aliphatic heterocycles. The molecular weight excluding hydrogens is 326 g/mol. The van der Waals surface area contributed by atoms with Crippen molar-refractivity contribution < 1.29 is 14.4 Å². The van der Waals surface area contributed by atoms with Crippen LogP contribution in [0.1, 0.15) is 48.9 Å². The SMILES string of the molecule is CCCCC1=CC(c2ccc(C)cc2)N(C(=O)OCc2ccccc2)O1. The molecule has 0 bridgehead atoms. The predicted molar refractivity (Wildman–Crippen MR) is 101 cm³/mol. The Balaban J connectivity index is 1.72. The van der Waals surface area contributed by atoms with Gasteiger partial charge in [0.05, 0.1) is 0 Å². The summed E-state index contributed by atoms with van der Waals surface area (Å²) in [6.45, 7) is 4.41. The molecule has 1 atom stereocenters. The number of allylic oxidation sites excluding steroid dienone is 1. The van der Waals surface area contributed by atoms with Crippen molar-refractivity contribution in [2.45, 2.75) is 45.8 Å². The van der Waals surface area contributed by atoms with Gasteiger partial charge in [0.1, 0.15) is 18.4 Å². The molecule has 4 heteroatoms. The Labute approximate surface area is 155 Å². The van der Waals surface area contributed by atoms with E-state index in [1.807, 2.05) is 67.6 Å². The van der Waals surface area contributed by atoms with Gasteiger partial charge in [0.2, 0.25) is 0 Å². The topological polar surface area (TPSA) is 38.8 Å². The first-order chi connectivity index (χ1) is 12.7. The largest absolute Gasteiger partial charge is 0.444 e. The van der Waals surface area contributed by atoms with Crippen LogP contribution >= 0.6 is 0 Å². The number of amides is 1. The number of unbranched alkanes of at least 4 members (excludes halogenated alkanes) is 1. The molecule has 0 radical (unpaired) electrons. The summed E-state index contributed by atoms with van der Waals surface area (Å²) in [5.74, 6) is 0.828. The summed E-state index contributed by atoms with van der Waals surface area (Å²) in [7, 11) is 0. The number of hydroxylamine groups is 2. The first-order valence-electron chi connectivity index (χ1n) is 9.12. The van der Waals surface area contributed by atoms with Crippen LogP contribution in [0.4, 0.5) is 4.79 Å². The Morgan fingerprint density at radius 1 is 1.12 bits per heavy atom. The van der Waals surface area contributed by atoms with Crippen molar-refractivity contribution in [1.82, 2.24) is 5.06 Å². The maximum Gasteiger partial charge on any atom is 0.444 e. The van der Waals surface area contributed by atoms with Crippen molar-refractivity contribution in [1.29, 1.82) is 0 Å². The molecule has 2 aromatic carbocycles. The van der Waals surface area contributed by atoms with Crippen molar-refractivity contribution in [3.05, 3.63) is 83.1 Å². The van der Waals surface area contributed by atoms with E-state index in [1.165, 1.54) is 10.6 Å². The molecular formula is C22H25NO3. The molecule has 1 heterocycles. The Hall–Kier alpha value is -2.75. The van der Waals surface area contributed by atoms with E-state index >= 15 is 0 Å². The van der Waals surface area contributed by atoms with Crippen LogP contribution in [0.2, 0.25) is 0 Å². The van der Waals surface area contributed by atoms with Crippen LogP contribution in [-0.2, 0) is 16.2 Å². The predicted octanol–water partition coefficient (Wildman–Crippen LogP) is 5.69. The summed E-state index contributed by atoms with van der Waals surface area (Å²) in [6, 6.07) is 17.5. The highest BCUT2D eigenvalue weighted by Gasteiger charge is 2.33. The molecule has 0 aromatic heterocycles.